The number of para-hydroxylation sites is 2. The molecule has 2 heterocycles. The molecule has 5 N–H and O–H groups in total. The number of rotatable bonds is 18. The van der Waals surface area contributed by atoms with Crippen molar-refractivity contribution in [2.75, 3.05) is 48.7 Å². The van der Waals surface area contributed by atoms with Crippen molar-refractivity contribution in [3.63, 3.8) is 0 Å². The number of hydrogen-bond donors (Lipinski definition) is 4. The number of nitrogens with one attached hydrogen (secondary N) is 2. The SMILES string of the molecule is Nc1ccccc1NC(=O)CCCCCCC(=O)NCc1ccccc1-c1ccc([C@@H]2O[C@H](CN3CCN(c4ccc([N+](=O)[O-])cc4)CC3)C[C@H](c3ccc(CO)cc3)O2)cc1. The monoisotopic (exact) mass is 840 g/mol. The van der Waals surface area contributed by atoms with Gasteiger partial charge in [0.15, 0.2) is 6.29 Å². The highest BCUT2D eigenvalue weighted by Gasteiger charge is 2.34. The summed E-state index contributed by atoms with van der Waals surface area (Å²) in [6, 6.07) is 38.2. The highest BCUT2D eigenvalue weighted by molar-refractivity contribution is 5.93. The Labute approximate surface area is 363 Å². The van der Waals surface area contributed by atoms with E-state index >= 15 is 0 Å². The summed E-state index contributed by atoms with van der Waals surface area (Å²) in [6.07, 6.45) is 3.86. The van der Waals surface area contributed by atoms with Crippen molar-refractivity contribution < 1.29 is 29.1 Å². The minimum Gasteiger partial charge on any atom is -0.397 e. The topological polar surface area (TPSA) is 173 Å². The van der Waals surface area contributed by atoms with Gasteiger partial charge in [0.05, 0.1) is 35.1 Å². The fraction of sp³-hybridized carbons (Fsp3) is 0.347. The van der Waals surface area contributed by atoms with Crippen LogP contribution in [-0.2, 0) is 32.2 Å². The predicted molar refractivity (Wildman–Crippen MR) is 241 cm³/mol. The van der Waals surface area contributed by atoms with Crippen LogP contribution in [-0.4, -0.2) is 65.6 Å². The first-order valence-electron chi connectivity index (χ1n) is 21.5. The van der Waals surface area contributed by atoms with E-state index in [-0.39, 0.29) is 41.2 Å². The smallest absolute Gasteiger partial charge is 0.269 e. The van der Waals surface area contributed by atoms with Gasteiger partial charge in [0.2, 0.25) is 11.8 Å². The second-order valence-electron chi connectivity index (χ2n) is 16.0. The second-order valence-corrected chi connectivity index (χ2v) is 16.0. The Bertz CT molecular complexity index is 2250. The first-order chi connectivity index (χ1) is 30.2. The highest BCUT2D eigenvalue weighted by atomic mass is 16.7. The van der Waals surface area contributed by atoms with Crippen LogP contribution in [0.1, 0.15) is 79.6 Å². The molecule has 0 spiro atoms. The predicted octanol–water partition coefficient (Wildman–Crippen LogP) is 8.30. The van der Waals surface area contributed by atoms with Crippen LogP contribution in [0.4, 0.5) is 22.7 Å². The van der Waals surface area contributed by atoms with Gasteiger partial charge in [-0.2, -0.15) is 0 Å². The lowest BCUT2D eigenvalue weighted by molar-refractivity contribution is -0.384. The van der Waals surface area contributed by atoms with Crippen molar-refractivity contribution in [2.45, 2.75) is 76.6 Å². The van der Waals surface area contributed by atoms with E-state index < -0.39 is 6.29 Å². The van der Waals surface area contributed by atoms with Gasteiger partial charge in [0.25, 0.3) is 5.69 Å². The third-order valence-electron chi connectivity index (χ3n) is 11.7. The van der Waals surface area contributed by atoms with Gasteiger partial charge in [0.1, 0.15) is 0 Å². The summed E-state index contributed by atoms with van der Waals surface area (Å²) in [5, 5.41) is 26.7. The third kappa shape index (κ3) is 12.0. The van der Waals surface area contributed by atoms with Gasteiger partial charge in [-0.05, 0) is 64.9 Å². The standard InChI is InChI=1S/C49H56N6O7/c50-44-11-7-8-12-45(44)52-48(58)14-4-2-1-3-13-47(57)51-32-39-9-5-6-10-43(39)36-19-21-38(22-20-36)49-61-42(31-46(62-49)37-17-15-35(34-56)16-18-37)33-53-27-29-54(30-28-53)40-23-25-41(26-24-40)55(59)60/h5-12,15-26,42,46,49,56H,1-4,13-14,27-34,50H2,(H,51,57)(H,52,58)/t42-,46+,49+/m0/s1. The van der Waals surface area contributed by atoms with Crippen molar-refractivity contribution in [3.05, 3.63) is 154 Å². The zero-order valence-electron chi connectivity index (χ0n) is 35.0. The van der Waals surface area contributed by atoms with Crippen LogP contribution in [0.2, 0.25) is 0 Å². The van der Waals surface area contributed by atoms with Crippen LogP contribution in [0.25, 0.3) is 11.1 Å². The minimum absolute atomic E-state index is 0.000483. The molecule has 0 bridgehead atoms. The lowest BCUT2D eigenvalue weighted by Crippen LogP contribution is -2.49. The van der Waals surface area contributed by atoms with E-state index in [0.29, 0.717) is 37.2 Å². The molecule has 324 valence electrons. The number of benzene rings is 5. The highest BCUT2D eigenvalue weighted by Crippen LogP contribution is 2.39. The van der Waals surface area contributed by atoms with E-state index in [9.17, 15) is 24.8 Å². The molecule has 0 radical (unpaired) electrons. The van der Waals surface area contributed by atoms with Gasteiger partial charge >= 0.3 is 0 Å². The van der Waals surface area contributed by atoms with Gasteiger partial charge < -0.3 is 35.8 Å². The molecule has 0 unspecified atom stereocenters. The molecule has 62 heavy (non-hydrogen) atoms. The number of carbonyl (C=O) groups is 2. The number of ether oxygens (including phenoxy) is 2. The van der Waals surface area contributed by atoms with Crippen LogP contribution in [0.3, 0.4) is 0 Å². The molecule has 0 aliphatic carbocycles. The Kier molecular flexibility index (Phi) is 15.3. The second kappa shape index (κ2) is 21.6. The molecule has 0 saturated carbocycles. The molecule has 2 aliphatic rings. The van der Waals surface area contributed by atoms with Crippen molar-refractivity contribution >= 4 is 34.6 Å². The maximum atomic E-state index is 12.8. The van der Waals surface area contributed by atoms with Crippen LogP contribution >= 0.6 is 0 Å². The molecule has 5 aromatic carbocycles. The molecule has 2 aliphatic heterocycles. The fourth-order valence-electron chi connectivity index (χ4n) is 8.10. The van der Waals surface area contributed by atoms with Crippen LogP contribution in [0, 0.1) is 10.1 Å². The molecular formula is C49H56N6O7. The number of nitrogens with two attached hydrogens (primary N) is 1. The lowest BCUT2D eigenvalue weighted by Gasteiger charge is -2.41. The number of nitrogen functional groups attached to an aromatic ring is 1. The van der Waals surface area contributed by atoms with Gasteiger partial charge in [-0.3, -0.25) is 24.6 Å². The number of non-ortho nitro benzene ring substituents is 1. The van der Waals surface area contributed by atoms with Crippen LogP contribution < -0.4 is 21.3 Å². The number of aliphatic hydroxyl groups excluding tert-OH is 1. The molecule has 13 heteroatoms. The number of amides is 2. The first kappa shape index (κ1) is 44.0. The molecule has 2 saturated heterocycles. The van der Waals surface area contributed by atoms with Crippen molar-refractivity contribution in [1.29, 1.82) is 0 Å². The normalized spacial score (nSPS) is 18.0. The molecule has 0 aromatic heterocycles. The molecule has 3 atom stereocenters. The molecule has 2 fully saturated rings. The van der Waals surface area contributed by atoms with E-state index in [0.717, 1.165) is 97.5 Å². The Morgan fingerprint density at radius 3 is 2.11 bits per heavy atom. The van der Waals surface area contributed by atoms with Crippen LogP contribution in [0.15, 0.2) is 121 Å². The van der Waals surface area contributed by atoms with Gasteiger partial charge in [-0.1, -0.05) is 97.8 Å². The summed E-state index contributed by atoms with van der Waals surface area (Å²) >= 11 is 0. The molecule has 13 nitrogen and oxygen atoms in total. The summed E-state index contributed by atoms with van der Waals surface area (Å²) in [4.78, 5) is 40.5. The number of aliphatic hydroxyl groups is 1. The summed E-state index contributed by atoms with van der Waals surface area (Å²) in [5.41, 5.74) is 14.0. The lowest BCUT2D eigenvalue weighted by atomic mass is 9.97. The van der Waals surface area contributed by atoms with Crippen molar-refractivity contribution in [3.8, 4) is 11.1 Å². The number of carbonyl (C=O) groups excluding carboxylic acids is 2. The fourth-order valence-corrected chi connectivity index (χ4v) is 8.10. The molecular weight excluding hydrogens is 785 g/mol. The number of nitro benzene ring substituents is 1. The quantitative estimate of drug-likeness (QED) is 0.0291. The van der Waals surface area contributed by atoms with E-state index in [1.165, 1.54) is 0 Å². The van der Waals surface area contributed by atoms with Gasteiger partial charge in [-0.15, -0.1) is 0 Å². The third-order valence-corrected chi connectivity index (χ3v) is 11.7. The Balaban J connectivity index is 0.915. The summed E-state index contributed by atoms with van der Waals surface area (Å²) < 4.78 is 13.3. The van der Waals surface area contributed by atoms with E-state index in [2.05, 4.69) is 38.6 Å². The van der Waals surface area contributed by atoms with Gasteiger partial charge in [0, 0.05) is 81.9 Å². The summed E-state index contributed by atoms with van der Waals surface area (Å²) in [6.45, 7) is 4.40. The van der Waals surface area contributed by atoms with Crippen LogP contribution in [0.5, 0.6) is 0 Å². The minimum atomic E-state index is -0.591. The molecule has 5 aromatic rings. The van der Waals surface area contributed by atoms with Gasteiger partial charge in [-0.25, -0.2) is 0 Å². The number of nitro groups is 1. The number of unbranched alkanes of at least 4 members (excludes halogenated alkanes) is 3. The van der Waals surface area contributed by atoms with E-state index in [1.54, 1.807) is 24.3 Å². The largest absolute Gasteiger partial charge is 0.397 e. The number of hydrogen-bond acceptors (Lipinski definition) is 10. The molecule has 2 amide bonds. The Morgan fingerprint density at radius 1 is 0.758 bits per heavy atom. The average molecular weight is 841 g/mol. The van der Waals surface area contributed by atoms with Crippen molar-refractivity contribution in [2.24, 2.45) is 0 Å². The molecule has 7 rings (SSSR count). The number of piperazine rings is 1. The summed E-state index contributed by atoms with van der Waals surface area (Å²) in [5.74, 6) is -0.0593. The van der Waals surface area contributed by atoms with E-state index in [4.69, 9.17) is 15.2 Å². The average Bonchev–Trinajstić information content (AvgIpc) is 3.30. The summed E-state index contributed by atoms with van der Waals surface area (Å²) in [7, 11) is 0. The first-order valence-corrected chi connectivity index (χ1v) is 21.5. The number of anilines is 3. The van der Waals surface area contributed by atoms with E-state index in [1.807, 2.05) is 78.9 Å². The van der Waals surface area contributed by atoms with Crippen molar-refractivity contribution in [1.82, 2.24) is 10.2 Å². The Hall–Kier alpha value is -6.12. The zero-order valence-corrected chi connectivity index (χ0v) is 35.0. The zero-order chi connectivity index (χ0) is 43.3. The Morgan fingerprint density at radius 2 is 1.42 bits per heavy atom. The maximum Gasteiger partial charge on any atom is 0.269 e. The number of nitrogens with zero attached hydrogens (tertiary/aromatic N) is 3. The maximum absolute atomic E-state index is 12.8.